The lowest BCUT2D eigenvalue weighted by molar-refractivity contribution is 0.0941. The monoisotopic (exact) mass is 304 g/mol. The predicted octanol–water partition coefficient (Wildman–Crippen LogP) is 4.14. The van der Waals surface area contributed by atoms with Gasteiger partial charge in [0, 0.05) is 16.9 Å². The van der Waals surface area contributed by atoms with Crippen molar-refractivity contribution in [1.82, 2.24) is 5.32 Å². The van der Waals surface area contributed by atoms with Crippen molar-refractivity contribution < 1.29 is 4.79 Å². The Morgan fingerprint density at radius 1 is 1.19 bits per heavy atom. The third-order valence-corrected chi connectivity index (χ3v) is 5.09. The first-order valence-corrected chi connectivity index (χ1v) is 8.27. The molecule has 3 N–H and O–H groups in total. The summed E-state index contributed by atoms with van der Waals surface area (Å²) < 4.78 is 1.10. The summed E-state index contributed by atoms with van der Waals surface area (Å²) in [7, 11) is 0. The number of carbonyl (C=O) groups excluding carboxylic acids is 1. The molecule has 0 aliphatic rings. The van der Waals surface area contributed by atoms with Crippen molar-refractivity contribution in [3.8, 4) is 0 Å². The van der Waals surface area contributed by atoms with Gasteiger partial charge in [0.25, 0.3) is 5.91 Å². The lowest BCUT2D eigenvalue weighted by Gasteiger charge is -2.24. The highest BCUT2D eigenvalue weighted by Crippen LogP contribution is 2.27. The van der Waals surface area contributed by atoms with Gasteiger partial charge in [-0.1, -0.05) is 27.7 Å². The third-order valence-electron chi connectivity index (χ3n) is 3.98. The number of fused-ring (bicyclic) bond motifs is 1. The fraction of sp³-hybridized carbons (Fsp3) is 0.471. The zero-order valence-electron chi connectivity index (χ0n) is 13.1. The molecule has 0 atom stereocenters. The molecule has 0 spiro atoms. The molecule has 114 valence electrons. The molecular formula is C17H24N2OS. The van der Waals surface area contributed by atoms with Crippen LogP contribution in [0.4, 0.5) is 5.69 Å². The van der Waals surface area contributed by atoms with Gasteiger partial charge in [-0.2, -0.15) is 0 Å². The van der Waals surface area contributed by atoms with Gasteiger partial charge in [0.2, 0.25) is 0 Å². The fourth-order valence-corrected chi connectivity index (χ4v) is 3.67. The van der Waals surface area contributed by atoms with Crippen LogP contribution in [0.5, 0.6) is 0 Å². The molecule has 0 aliphatic carbocycles. The molecule has 0 fully saturated rings. The number of hydrogen-bond acceptors (Lipinski definition) is 3. The lowest BCUT2D eigenvalue weighted by atomic mass is 9.85. The molecule has 1 aromatic heterocycles. The topological polar surface area (TPSA) is 55.1 Å². The number of nitrogens with one attached hydrogen (secondary N) is 1. The van der Waals surface area contributed by atoms with Crippen LogP contribution in [-0.4, -0.2) is 12.5 Å². The van der Waals surface area contributed by atoms with Crippen molar-refractivity contribution in [2.24, 2.45) is 17.8 Å². The van der Waals surface area contributed by atoms with E-state index in [9.17, 15) is 4.79 Å². The Balaban J connectivity index is 2.08. The van der Waals surface area contributed by atoms with E-state index in [1.807, 2.05) is 24.3 Å². The van der Waals surface area contributed by atoms with Crippen molar-refractivity contribution in [2.75, 3.05) is 12.3 Å². The van der Waals surface area contributed by atoms with Crippen LogP contribution in [0.3, 0.4) is 0 Å². The van der Waals surface area contributed by atoms with E-state index in [0.29, 0.717) is 17.8 Å². The fourth-order valence-electron chi connectivity index (χ4n) is 2.71. The molecule has 0 unspecified atom stereocenters. The Morgan fingerprint density at radius 3 is 2.48 bits per heavy atom. The van der Waals surface area contributed by atoms with Gasteiger partial charge in [-0.3, -0.25) is 4.79 Å². The van der Waals surface area contributed by atoms with Crippen LogP contribution in [0, 0.1) is 17.8 Å². The first-order chi connectivity index (χ1) is 9.88. The number of anilines is 1. The number of amides is 1. The zero-order chi connectivity index (χ0) is 15.6. The van der Waals surface area contributed by atoms with Crippen molar-refractivity contribution >= 4 is 33.0 Å². The van der Waals surface area contributed by atoms with Crippen LogP contribution < -0.4 is 11.1 Å². The summed E-state index contributed by atoms with van der Waals surface area (Å²) in [6.45, 7) is 9.56. The maximum atomic E-state index is 12.3. The summed E-state index contributed by atoms with van der Waals surface area (Å²) >= 11 is 1.51. The Bertz CT molecular complexity index is 623. The van der Waals surface area contributed by atoms with Crippen LogP contribution in [0.2, 0.25) is 0 Å². The summed E-state index contributed by atoms with van der Waals surface area (Å²) in [6, 6.07) is 7.67. The molecule has 4 heteroatoms. The molecule has 1 heterocycles. The van der Waals surface area contributed by atoms with E-state index >= 15 is 0 Å². The molecule has 0 bridgehead atoms. The zero-order valence-corrected chi connectivity index (χ0v) is 14.0. The number of nitrogen functional groups attached to an aromatic ring is 1. The number of hydrogen-bond donors (Lipinski definition) is 2. The van der Waals surface area contributed by atoms with Gasteiger partial charge in [0.05, 0.1) is 4.88 Å². The SMILES string of the molecule is CC(C)C(CNC(=O)c1cc2cc(N)ccc2s1)C(C)C. The highest BCUT2D eigenvalue weighted by molar-refractivity contribution is 7.20. The van der Waals surface area contributed by atoms with Gasteiger partial charge < -0.3 is 11.1 Å². The second-order valence-electron chi connectivity index (χ2n) is 6.27. The molecule has 0 saturated carbocycles. The molecule has 0 radical (unpaired) electrons. The summed E-state index contributed by atoms with van der Waals surface area (Å²) in [5.74, 6) is 1.64. The van der Waals surface area contributed by atoms with Gasteiger partial charge in [-0.25, -0.2) is 0 Å². The second kappa shape index (κ2) is 6.48. The summed E-state index contributed by atoms with van der Waals surface area (Å²) in [6.07, 6.45) is 0. The number of carbonyl (C=O) groups is 1. The van der Waals surface area contributed by atoms with E-state index < -0.39 is 0 Å². The molecule has 2 aromatic rings. The Hall–Kier alpha value is -1.55. The minimum Gasteiger partial charge on any atom is -0.399 e. The number of benzene rings is 1. The van der Waals surface area contributed by atoms with E-state index in [4.69, 9.17) is 5.73 Å². The maximum absolute atomic E-state index is 12.3. The first-order valence-electron chi connectivity index (χ1n) is 7.45. The number of thiophene rings is 1. The van der Waals surface area contributed by atoms with Gasteiger partial charge >= 0.3 is 0 Å². The molecule has 1 amide bonds. The molecule has 21 heavy (non-hydrogen) atoms. The number of nitrogens with two attached hydrogens (primary N) is 1. The van der Waals surface area contributed by atoms with Crippen molar-refractivity contribution in [3.63, 3.8) is 0 Å². The smallest absolute Gasteiger partial charge is 0.261 e. The highest BCUT2D eigenvalue weighted by atomic mass is 32.1. The van der Waals surface area contributed by atoms with Crippen LogP contribution in [-0.2, 0) is 0 Å². The van der Waals surface area contributed by atoms with Crippen LogP contribution >= 0.6 is 11.3 Å². The first kappa shape index (κ1) is 15.8. The molecule has 0 aliphatic heterocycles. The largest absolute Gasteiger partial charge is 0.399 e. The number of rotatable bonds is 5. The predicted molar refractivity (Wildman–Crippen MR) is 91.7 cm³/mol. The third kappa shape index (κ3) is 3.76. The summed E-state index contributed by atoms with van der Waals surface area (Å²) in [5, 5.41) is 4.11. The van der Waals surface area contributed by atoms with Crippen LogP contribution in [0.25, 0.3) is 10.1 Å². The molecular weight excluding hydrogens is 280 g/mol. The van der Waals surface area contributed by atoms with Crippen molar-refractivity contribution in [2.45, 2.75) is 27.7 Å². The van der Waals surface area contributed by atoms with Crippen molar-refractivity contribution in [1.29, 1.82) is 0 Å². The normalized spacial score (nSPS) is 11.8. The van der Waals surface area contributed by atoms with E-state index in [-0.39, 0.29) is 5.91 Å². The average molecular weight is 304 g/mol. The standard InChI is InChI=1S/C17H24N2OS/c1-10(2)14(11(3)4)9-19-17(20)16-8-12-7-13(18)5-6-15(12)21-16/h5-8,10-11,14H,9,18H2,1-4H3,(H,19,20). The lowest BCUT2D eigenvalue weighted by Crippen LogP contribution is -2.33. The van der Waals surface area contributed by atoms with Gasteiger partial charge in [0.15, 0.2) is 0 Å². The molecule has 0 saturated heterocycles. The van der Waals surface area contributed by atoms with Crippen molar-refractivity contribution in [3.05, 3.63) is 29.1 Å². The van der Waals surface area contributed by atoms with E-state index in [2.05, 4.69) is 33.0 Å². The van der Waals surface area contributed by atoms with Gasteiger partial charge in [-0.15, -0.1) is 11.3 Å². The summed E-state index contributed by atoms with van der Waals surface area (Å²) in [4.78, 5) is 13.1. The molecule has 3 nitrogen and oxygen atoms in total. The van der Waals surface area contributed by atoms with E-state index in [0.717, 1.165) is 27.2 Å². The minimum absolute atomic E-state index is 0.0149. The summed E-state index contributed by atoms with van der Waals surface area (Å²) in [5.41, 5.74) is 6.51. The second-order valence-corrected chi connectivity index (χ2v) is 7.35. The minimum atomic E-state index is 0.0149. The van der Waals surface area contributed by atoms with Crippen LogP contribution in [0.15, 0.2) is 24.3 Å². The van der Waals surface area contributed by atoms with Gasteiger partial charge in [0.1, 0.15) is 0 Å². The van der Waals surface area contributed by atoms with Crippen LogP contribution in [0.1, 0.15) is 37.4 Å². The molecule has 1 aromatic carbocycles. The Kier molecular flexibility index (Phi) is 4.88. The van der Waals surface area contributed by atoms with Gasteiger partial charge in [-0.05, 0) is 47.4 Å². The highest BCUT2D eigenvalue weighted by Gasteiger charge is 2.19. The average Bonchev–Trinajstić information content (AvgIpc) is 2.80. The quantitative estimate of drug-likeness (QED) is 0.816. The maximum Gasteiger partial charge on any atom is 0.261 e. The Labute approximate surface area is 130 Å². The van der Waals surface area contributed by atoms with E-state index in [1.54, 1.807) is 0 Å². The van der Waals surface area contributed by atoms with E-state index in [1.165, 1.54) is 11.3 Å². The molecule has 2 rings (SSSR count). The Morgan fingerprint density at radius 2 is 1.86 bits per heavy atom.